The zero-order chi connectivity index (χ0) is 29.4. The standard InChI is InChI=1S/C31H26F2N6O3/c1-19-18-38-28(30(41)39(19)24-10-7-22(8-11-24)31(32,33)21-5-3-2-4-6-21)26(17-36-38)29(40)37-23-9-12-27(20(13-23)14-34)42-25-15-35-16-25/h2-13,17,19,25,35H,15-16,18H2,1H3,(H,37,40). The number of aromatic nitrogens is 2. The lowest BCUT2D eigenvalue weighted by Crippen LogP contribution is -2.50. The lowest BCUT2D eigenvalue weighted by Gasteiger charge is -2.34. The molecule has 0 saturated carbocycles. The first kappa shape index (κ1) is 27.1. The van der Waals surface area contributed by atoms with Crippen LogP contribution in [0.3, 0.4) is 0 Å². The Hall–Kier alpha value is -5.08. The van der Waals surface area contributed by atoms with E-state index < -0.39 is 17.7 Å². The van der Waals surface area contributed by atoms with Gasteiger partial charge in [0.25, 0.3) is 17.7 Å². The van der Waals surface area contributed by atoms with Gasteiger partial charge < -0.3 is 20.3 Å². The number of amides is 2. The second-order valence-corrected chi connectivity index (χ2v) is 10.3. The van der Waals surface area contributed by atoms with Crippen LogP contribution in [0.2, 0.25) is 0 Å². The third kappa shape index (κ3) is 4.86. The van der Waals surface area contributed by atoms with Gasteiger partial charge in [-0.15, -0.1) is 0 Å². The summed E-state index contributed by atoms with van der Waals surface area (Å²) in [5, 5.41) is 19.7. The fourth-order valence-corrected chi connectivity index (χ4v) is 5.10. The number of alkyl halides is 2. The average Bonchev–Trinajstić information content (AvgIpc) is 3.40. The molecule has 2 amide bonds. The van der Waals surface area contributed by atoms with Crippen molar-refractivity contribution in [3.8, 4) is 11.8 Å². The third-order valence-corrected chi connectivity index (χ3v) is 7.42. The van der Waals surface area contributed by atoms with Crippen LogP contribution in [0.25, 0.3) is 0 Å². The van der Waals surface area contributed by atoms with Crippen molar-refractivity contribution < 1.29 is 23.1 Å². The van der Waals surface area contributed by atoms with Gasteiger partial charge in [0, 0.05) is 35.6 Å². The van der Waals surface area contributed by atoms with Gasteiger partial charge >= 0.3 is 0 Å². The number of fused-ring (bicyclic) bond motifs is 1. The van der Waals surface area contributed by atoms with E-state index in [1.165, 1.54) is 58.2 Å². The average molecular weight is 569 g/mol. The van der Waals surface area contributed by atoms with E-state index in [-0.39, 0.29) is 40.1 Å². The molecule has 1 unspecified atom stereocenters. The minimum atomic E-state index is -3.20. The third-order valence-electron chi connectivity index (χ3n) is 7.42. The zero-order valence-electron chi connectivity index (χ0n) is 22.6. The van der Waals surface area contributed by atoms with E-state index in [1.54, 1.807) is 30.3 Å². The molecule has 1 aromatic heterocycles. The van der Waals surface area contributed by atoms with Gasteiger partial charge in [-0.3, -0.25) is 14.3 Å². The fraction of sp³-hybridized carbons (Fsp3) is 0.226. The Morgan fingerprint density at radius 2 is 1.81 bits per heavy atom. The predicted octanol–water partition coefficient (Wildman–Crippen LogP) is 4.55. The highest BCUT2D eigenvalue weighted by Crippen LogP contribution is 2.37. The van der Waals surface area contributed by atoms with Gasteiger partial charge in [-0.25, -0.2) is 0 Å². The Morgan fingerprint density at radius 3 is 2.48 bits per heavy atom. The minimum Gasteiger partial charge on any atom is -0.486 e. The van der Waals surface area contributed by atoms with Gasteiger partial charge in [0.1, 0.15) is 23.6 Å². The van der Waals surface area contributed by atoms with Crippen LogP contribution in [0.1, 0.15) is 44.5 Å². The molecule has 11 heteroatoms. The van der Waals surface area contributed by atoms with Crippen LogP contribution in [-0.4, -0.2) is 46.8 Å². The molecule has 3 heterocycles. The van der Waals surface area contributed by atoms with Crippen LogP contribution in [0.4, 0.5) is 20.2 Å². The Morgan fingerprint density at radius 1 is 1.10 bits per heavy atom. The maximum absolute atomic E-state index is 15.1. The first-order valence-electron chi connectivity index (χ1n) is 13.4. The molecule has 6 rings (SSSR count). The van der Waals surface area contributed by atoms with E-state index in [9.17, 15) is 14.9 Å². The topological polar surface area (TPSA) is 112 Å². The van der Waals surface area contributed by atoms with Gasteiger partial charge in [0.15, 0.2) is 0 Å². The second-order valence-electron chi connectivity index (χ2n) is 10.3. The van der Waals surface area contributed by atoms with E-state index in [1.807, 2.05) is 6.92 Å². The van der Waals surface area contributed by atoms with Gasteiger partial charge in [-0.2, -0.15) is 19.1 Å². The summed E-state index contributed by atoms with van der Waals surface area (Å²) in [6.07, 6.45) is 1.32. The van der Waals surface area contributed by atoms with Crippen LogP contribution in [0.15, 0.2) is 79.0 Å². The molecule has 9 nitrogen and oxygen atoms in total. The number of hydrogen-bond acceptors (Lipinski definition) is 6. The molecule has 2 aliphatic rings. The van der Waals surface area contributed by atoms with Crippen LogP contribution >= 0.6 is 0 Å². The predicted molar refractivity (Wildman–Crippen MR) is 151 cm³/mol. The molecule has 1 atom stereocenters. The van der Waals surface area contributed by atoms with Crippen LogP contribution < -0.4 is 20.3 Å². The minimum absolute atomic E-state index is 0.00983. The largest absolute Gasteiger partial charge is 0.486 e. The van der Waals surface area contributed by atoms with Crippen molar-refractivity contribution in [3.05, 3.63) is 107 Å². The fourth-order valence-electron chi connectivity index (χ4n) is 5.10. The molecule has 2 aliphatic heterocycles. The highest BCUT2D eigenvalue weighted by Gasteiger charge is 2.37. The van der Waals surface area contributed by atoms with Crippen molar-refractivity contribution >= 4 is 23.2 Å². The summed E-state index contributed by atoms with van der Waals surface area (Å²) in [6.45, 7) is 3.52. The smallest absolute Gasteiger partial charge is 0.298 e. The summed E-state index contributed by atoms with van der Waals surface area (Å²) in [7, 11) is 0. The van der Waals surface area contributed by atoms with Crippen molar-refractivity contribution in [2.45, 2.75) is 31.5 Å². The molecule has 2 N–H and O–H groups in total. The van der Waals surface area contributed by atoms with E-state index in [0.717, 1.165) is 0 Å². The summed E-state index contributed by atoms with van der Waals surface area (Å²) in [6, 6.07) is 19.6. The van der Waals surface area contributed by atoms with E-state index >= 15 is 8.78 Å². The number of rotatable bonds is 7. The van der Waals surface area contributed by atoms with Crippen LogP contribution in [-0.2, 0) is 12.5 Å². The van der Waals surface area contributed by atoms with Crippen molar-refractivity contribution in [2.24, 2.45) is 0 Å². The van der Waals surface area contributed by atoms with Crippen molar-refractivity contribution in [1.82, 2.24) is 15.1 Å². The number of anilines is 2. The van der Waals surface area contributed by atoms with E-state index in [4.69, 9.17) is 4.74 Å². The Balaban J connectivity index is 1.22. The molecule has 0 radical (unpaired) electrons. The summed E-state index contributed by atoms with van der Waals surface area (Å²) in [5.41, 5.74) is 0.880. The SMILES string of the molecule is CC1Cn2ncc(C(=O)Nc3ccc(OC4CNC4)c(C#N)c3)c2C(=O)N1c1ccc(C(F)(F)c2ccccc2)cc1. The van der Waals surface area contributed by atoms with Gasteiger partial charge in [0.2, 0.25) is 0 Å². The Labute approximate surface area is 240 Å². The first-order valence-corrected chi connectivity index (χ1v) is 13.4. The van der Waals surface area contributed by atoms with E-state index in [2.05, 4.69) is 21.8 Å². The molecular formula is C31H26F2N6O3. The van der Waals surface area contributed by atoms with Crippen molar-refractivity contribution in [2.75, 3.05) is 23.3 Å². The van der Waals surface area contributed by atoms with Crippen LogP contribution in [0, 0.1) is 11.3 Å². The molecule has 1 saturated heterocycles. The number of nitriles is 1. The highest BCUT2D eigenvalue weighted by molar-refractivity contribution is 6.15. The molecular weight excluding hydrogens is 542 g/mol. The van der Waals surface area contributed by atoms with Gasteiger partial charge in [-0.05, 0) is 37.3 Å². The highest BCUT2D eigenvalue weighted by atomic mass is 19.3. The summed E-state index contributed by atoms with van der Waals surface area (Å²) in [4.78, 5) is 28.5. The first-order chi connectivity index (χ1) is 20.3. The number of hydrogen-bond donors (Lipinski definition) is 2. The number of nitrogens with one attached hydrogen (secondary N) is 2. The van der Waals surface area contributed by atoms with E-state index in [0.29, 0.717) is 36.8 Å². The molecule has 0 spiro atoms. The van der Waals surface area contributed by atoms with Crippen molar-refractivity contribution in [1.29, 1.82) is 5.26 Å². The number of carbonyl (C=O) groups excluding carboxylic acids is 2. The molecule has 1 fully saturated rings. The second kappa shape index (κ2) is 10.7. The molecule has 3 aromatic carbocycles. The lowest BCUT2D eigenvalue weighted by atomic mass is 9.99. The lowest BCUT2D eigenvalue weighted by molar-refractivity contribution is 0.0428. The number of halogens is 2. The quantitative estimate of drug-likeness (QED) is 0.339. The zero-order valence-corrected chi connectivity index (χ0v) is 22.6. The number of ether oxygens (including phenoxy) is 1. The normalized spacial score (nSPS) is 16.8. The summed E-state index contributed by atoms with van der Waals surface area (Å²) >= 11 is 0. The maximum atomic E-state index is 15.1. The van der Waals surface area contributed by atoms with Crippen LogP contribution in [0.5, 0.6) is 5.75 Å². The molecule has 4 aromatic rings. The molecule has 212 valence electrons. The van der Waals surface area contributed by atoms with Gasteiger partial charge in [0.05, 0.1) is 29.9 Å². The van der Waals surface area contributed by atoms with Gasteiger partial charge in [-0.1, -0.05) is 42.5 Å². The number of benzene rings is 3. The summed E-state index contributed by atoms with van der Waals surface area (Å²) < 4.78 is 37.4. The number of carbonyl (C=O) groups is 2. The Kier molecular flexibility index (Phi) is 6.92. The Bertz CT molecular complexity index is 1690. The number of nitrogens with zero attached hydrogens (tertiary/aromatic N) is 4. The molecule has 0 aliphatic carbocycles. The molecule has 42 heavy (non-hydrogen) atoms. The summed E-state index contributed by atoms with van der Waals surface area (Å²) in [5.74, 6) is -3.82. The monoisotopic (exact) mass is 568 g/mol. The maximum Gasteiger partial charge on any atom is 0.298 e. The molecule has 0 bridgehead atoms. The van der Waals surface area contributed by atoms with Crippen molar-refractivity contribution in [3.63, 3.8) is 0 Å².